The second-order valence-electron chi connectivity index (χ2n) is 6.56. The predicted molar refractivity (Wildman–Crippen MR) is 117 cm³/mol. The van der Waals surface area contributed by atoms with E-state index in [0.29, 0.717) is 10.6 Å². The van der Waals surface area contributed by atoms with Crippen molar-refractivity contribution in [1.29, 1.82) is 5.26 Å². The number of thiophene rings is 1. The Balaban J connectivity index is 1.41. The molecule has 2 aromatic heterocycles. The molecule has 0 fully saturated rings. The maximum atomic E-state index is 13.1. The molecule has 2 heterocycles. The topological polar surface area (TPSA) is 97.0 Å². The number of halogens is 1. The summed E-state index contributed by atoms with van der Waals surface area (Å²) < 4.78 is 19.6. The number of esters is 1. The van der Waals surface area contributed by atoms with Gasteiger partial charge in [-0.05, 0) is 42.0 Å². The minimum Gasteiger partial charge on any atom is -0.451 e. The van der Waals surface area contributed by atoms with Crippen LogP contribution in [0.2, 0.25) is 0 Å². The lowest BCUT2D eigenvalue weighted by atomic mass is 10.2. The average Bonchev–Trinajstić information content (AvgIpc) is 3.46. The Kier molecular flexibility index (Phi) is 6.05. The molecule has 0 spiro atoms. The van der Waals surface area contributed by atoms with Gasteiger partial charge in [-0.3, -0.25) is 4.79 Å². The summed E-state index contributed by atoms with van der Waals surface area (Å²) in [6.45, 7) is -0.534. The van der Waals surface area contributed by atoms with E-state index >= 15 is 0 Å². The van der Waals surface area contributed by atoms with E-state index in [9.17, 15) is 19.2 Å². The zero-order valence-corrected chi connectivity index (χ0v) is 17.3. The first kappa shape index (κ1) is 21.0. The van der Waals surface area contributed by atoms with Gasteiger partial charge in [0.05, 0.1) is 11.9 Å². The molecule has 4 aromatic rings. The molecule has 4 rings (SSSR count). The number of carbonyl (C=O) groups excluding carboxylic acids is 2. The molecule has 0 aliphatic rings. The molecule has 0 bridgehead atoms. The zero-order chi connectivity index (χ0) is 22.5. The van der Waals surface area contributed by atoms with E-state index in [4.69, 9.17) is 4.74 Å². The molecule has 7 nitrogen and oxygen atoms in total. The van der Waals surface area contributed by atoms with Gasteiger partial charge in [0.25, 0.3) is 5.91 Å². The van der Waals surface area contributed by atoms with Gasteiger partial charge in [-0.1, -0.05) is 30.3 Å². The van der Waals surface area contributed by atoms with Gasteiger partial charge in [-0.2, -0.15) is 10.4 Å². The monoisotopic (exact) mass is 446 g/mol. The molecule has 0 aliphatic heterocycles. The van der Waals surface area contributed by atoms with E-state index in [1.165, 1.54) is 34.3 Å². The lowest BCUT2D eigenvalue weighted by Gasteiger charge is -2.09. The van der Waals surface area contributed by atoms with Crippen LogP contribution in [0.25, 0.3) is 16.1 Å². The number of para-hydroxylation sites is 1. The summed E-state index contributed by atoms with van der Waals surface area (Å²) in [5, 5.41) is 16.0. The van der Waals surface area contributed by atoms with Crippen LogP contribution >= 0.6 is 11.3 Å². The van der Waals surface area contributed by atoms with Crippen molar-refractivity contribution < 1.29 is 18.7 Å². The summed E-state index contributed by atoms with van der Waals surface area (Å²) in [7, 11) is 0. The van der Waals surface area contributed by atoms with Gasteiger partial charge < -0.3 is 10.1 Å². The first-order valence-electron chi connectivity index (χ1n) is 9.41. The van der Waals surface area contributed by atoms with Crippen LogP contribution in [-0.2, 0) is 9.53 Å². The second kappa shape index (κ2) is 9.24. The molecule has 32 heavy (non-hydrogen) atoms. The minimum absolute atomic E-state index is 0.177. The van der Waals surface area contributed by atoms with Gasteiger partial charge >= 0.3 is 5.97 Å². The molecule has 1 N–H and O–H groups in total. The fraction of sp³-hybridized carbons (Fsp3) is 0.0435. The van der Waals surface area contributed by atoms with Crippen LogP contribution in [0.4, 0.5) is 10.2 Å². The molecule has 0 saturated heterocycles. The first-order chi connectivity index (χ1) is 15.5. The smallest absolute Gasteiger partial charge is 0.348 e. The Labute approximate surface area is 186 Å². The number of aromatic nitrogens is 2. The molecule has 0 radical (unpaired) electrons. The Bertz CT molecular complexity index is 1310. The molecule has 9 heteroatoms. The van der Waals surface area contributed by atoms with Gasteiger partial charge in [0.2, 0.25) is 0 Å². The van der Waals surface area contributed by atoms with Crippen molar-refractivity contribution in [1.82, 2.24) is 9.78 Å². The second-order valence-corrected chi connectivity index (χ2v) is 7.64. The highest BCUT2D eigenvalue weighted by atomic mass is 32.1. The Hall–Kier alpha value is -4.29. The van der Waals surface area contributed by atoms with Crippen molar-refractivity contribution in [2.24, 2.45) is 0 Å². The Morgan fingerprint density at radius 2 is 1.84 bits per heavy atom. The lowest BCUT2D eigenvalue weighted by Crippen LogP contribution is -2.22. The number of anilines is 1. The van der Waals surface area contributed by atoms with E-state index in [2.05, 4.69) is 10.4 Å². The third-order valence-electron chi connectivity index (χ3n) is 4.42. The quantitative estimate of drug-likeness (QED) is 0.443. The first-order valence-corrected chi connectivity index (χ1v) is 10.2. The minimum atomic E-state index is -0.657. The molecule has 0 atom stereocenters. The summed E-state index contributed by atoms with van der Waals surface area (Å²) in [6, 6.07) is 20.2. The number of nitrogens with zero attached hydrogens (tertiary/aromatic N) is 3. The SMILES string of the molecule is N#Cc1cnn(-c2ccccc2)c1NC(=O)COC(=O)c1ccc(-c2ccc(F)cc2)s1. The number of carbonyl (C=O) groups is 2. The fourth-order valence-electron chi connectivity index (χ4n) is 2.90. The van der Waals surface area contributed by atoms with Gasteiger partial charge in [0, 0.05) is 4.88 Å². The molecule has 0 unspecified atom stereocenters. The third-order valence-corrected chi connectivity index (χ3v) is 5.53. The van der Waals surface area contributed by atoms with Crippen LogP contribution in [0.5, 0.6) is 0 Å². The lowest BCUT2D eigenvalue weighted by molar-refractivity contribution is -0.119. The third kappa shape index (κ3) is 4.55. The standard InChI is InChI=1S/C23H15FN4O3S/c24-17-8-6-15(7-9-17)19-10-11-20(32-19)23(30)31-14-21(29)27-22-16(12-25)13-26-28(22)18-4-2-1-3-5-18/h1-11,13H,14H2,(H,27,29). The average molecular weight is 446 g/mol. The van der Waals surface area contributed by atoms with Crippen molar-refractivity contribution in [2.45, 2.75) is 0 Å². The van der Waals surface area contributed by atoms with E-state index in [-0.39, 0.29) is 17.2 Å². The van der Waals surface area contributed by atoms with Crippen LogP contribution in [0.3, 0.4) is 0 Å². The highest BCUT2D eigenvalue weighted by Gasteiger charge is 2.18. The largest absolute Gasteiger partial charge is 0.451 e. The number of amides is 1. The van der Waals surface area contributed by atoms with Gasteiger partial charge in [-0.25, -0.2) is 13.9 Å². The van der Waals surface area contributed by atoms with E-state index < -0.39 is 18.5 Å². The van der Waals surface area contributed by atoms with Crippen LogP contribution in [0.15, 0.2) is 72.9 Å². The van der Waals surface area contributed by atoms with Crippen LogP contribution in [-0.4, -0.2) is 28.3 Å². The summed E-state index contributed by atoms with van der Waals surface area (Å²) in [5.74, 6) is -1.42. The predicted octanol–water partition coefficient (Wildman–Crippen LogP) is 4.41. The highest BCUT2D eigenvalue weighted by molar-refractivity contribution is 7.17. The van der Waals surface area contributed by atoms with Gasteiger partial charge in [-0.15, -0.1) is 11.3 Å². The summed E-state index contributed by atoms with van der Waals surface area (Å²) in [5.41, 5.74) is 1.61. The molecule has 0 saturated carbocycles. The van der Waals surface area contributed by atoms with Crippen molar-refractivity contribution >= 4 is 29.0 Å². The molecule has 0 aliphatic carbocycles. The number of nitriles is 1. The molecule has 158 valence electrons. The summed E-state index contributed by atoms with van der Waals surface area (Å²) in [4.78, 5) is 25.8. The van der Waals surface area contributed by atoms with Crippen molar-refractivity contribution in [3.63, 3.8) is 0 Å². The van der Waals surface area contributed by atoms with Crippen molar-refractivity contribution in [3.05, 3.63) is 89.2 Å². The van der Waals surface area contributed by atoms with E-state index in [1.54, 1.807) is 48.5 Å². The number of rotatable bonds is 6. The van der Waals surface area contributed by atoms with Crippen molar-refractivity contribution in [3.8, 4) is 22.2 Å². The number of hydrogen-bond donors (Lipinski definition) is 1. The normalized spacial score (nSPS) is 10.4. The van der Waals surface area contributed by atoms with Crippen LogP contribution < -0.4 is 5.32 Å². The molecular weight excluding hydrogens is 431 g/mol. The van der Waals surface area contributed by atoms with E-state index in [1.807, 2.05) is 12.1 Å². The molecule has 1 amide bonds. The highest BCUT2D eigenvalue weighted by Crippen LogP contribution is 2.28. The van der Waals surface area contributed by atoms with Crippen LogP contribution in [0, 0.1) is 17.1 Å². The molecule has 2 aromatic carbocycles. The number of hydrogen-bond acceptors (Lipinski definition) is 6. The maximum Gasteiger partial charge on any atom is 0.348 e. The zero-order valence-electron chi connectivity index (χ0n) is 16.5. The van der Waals surface area contributed by atoms with Crippen LogP contribution in [0.1, 0.15) is 15.2 Å². The number of ether oxygens (including phenoxy) is 1. The van der Waals surface area contributed by atoms with Gasteiger partial charge in [0.1, 0.15) is 22.3 Å². The van der Waals surface area contributed by atoms with Crippen molar-refractivity contribution in [2.75, 3.05) is 11.9 Å². The molecular formula is C23H15FN4O3S. The summed E-state index contributed by atoms with van der Waals surface area (Å²) in [6.07, 6.45) is 1.34. The van der Waals surface area contributed by atoms with Gasteiger partial charge in [0.15, 0.2) is 12.4 Å². The number of nitrogens with one attached hydrogen (secondary N) is 1. The maximum absolute atomic E-state index is 13.1. The Morgan fingerprint density at radius 3 is 2.56 bits per heavy atom. The Morgan fingerprint density at radius 1 is 1.09 bits per heavy atom. The van der Waals surface area contributed by atoms with E-state index in [0.717, 1.165) is 10.4 Å². The fourth-order valence-corrected chi connectivity index (χ4v) is 3.81. The number of benzene rings is 2. The summed E-state index contributed by atoms with van der Waals surface area (Å²) >= 11 is 1.18.